The third kappa shape index (κ3) is 6.67. The van der Waals surface area contributed by atoms with Crippen LogP contribution in [0.5, 0.6) is 0 Å². The molecule has 1 heterocycles. The van der Waals surface area contributed by atoms with Crippen LogP contribution in [0, 0.1) is 0 Å². The molecule has 0 aliphatic rings. The Labute approximate surface area is 155 Å². The van der Waals surface area contributed by atoms with Crippen LogP contribution in [-0.2, 0) is 16.0 Å². The second-order valence-electron chi connectivity index (χ2n) is 5.25. The van der Waals surface area contributed by atoms with Crippen molar-refractivity contribution in [1.29, 1.82) is 0 Å². The van der Waals surface area contributed by atoms with Crippen molar-refractivity contribution < 1.29 is 9.59 Å². The number of ketones is 1. The van der Waals surface area contributed by atoms with E-state index in [1.807, 2.05) is 30.3 Å². The van der Waals surface area contributed by atoms with Crippen molar-refractivity contribution in [1.82, 2.24) is 15.5 Å². The van der Waals surface area contributed by atoms with E-state index in [1.165, 1.54) is 30.0 Å². The number of carbonyl (C=O) groups excluding carboxylic acids is 2. The largest absolute Gasteiger partial charge is 0.357 e. The molecule has 25 heavy (non-hydrogen) atoms. The summed E-state index contributed by atoms with van der Waals surface area (Å²) in [6, 6.07) is 9.11. The standard InChI is InChI=1S/C17H20N4O2S2/c1-3-9-18-16-20-21-17(25-16)24-11-15(23)19-14(12(2)22)10-13-7-5-4-6-8-13/h3-8,14H,1,9-11H2,2H3,(H,18,20)(H,19,23)/t14-/m1/s1. The van der Waals surface area contributed by atoms with Gasteiger partial charge in [-0.05, 0) is 18.9 Å². The molecule has 0 bridgehead atoms. The topological polar surface area (TPSA) is 84.0 Å². The summed E-state index contributed by atoms with van der Waals surface area (Å²) < 4.78 is 0.698. The fraction of sp³-hybridized carbons (Fsp3) is 0.294. The number of anilines is 1. The Hall–Kier alpha value is -2.19. The maximum Gasteiger partial charge on any atom is 0.231 e. The van der Waals surface area contributed by atoms with Crippen molar-refractivity contribution in [2.75, 3.05) is 17.6 Å². The summed E-state index contributed by atoms with van der Waals surface area (Å²) in [6.45, 7) is 5.72. The smallest absolute Gasteiger partial charge is 0.231 e. The number of amides is 1. The SMILES string of the molecule is C=CCNc1nnc(SCC(=O)N[C@H](Cc2ccccc2)C(C)=O)s1. The Morgan fingerprint density at radius 3 is 2.76 bits per heavy atom. The van der Waals surface area contributed by atoms with E-state index in [9.17, 15) is 9.59 Å². The van der Waals surface area contributed by atoms with Gasteiger partial charge in [-0.2, -0.15) is 0 Å². The molecule has 8 heteroatoms. The molecule has 132 valence electrons. The van der Waals surface area contributed by atoms with E-state index in [1.54, 1.807) is 6.08 Å². The first kappa shape index (κ1) is 19.1. The molecule has 1 aromatic heterocycles. The van der Waals surface area contributed by atoms with Gasteiger partial charge in [-0.1, -0.05) is 59.5 Å². The zero-order valence-electron chi connectivity index (χ0n) is 13.9. The van der Waals surface area contributed by atoms with Gasteiger partial charge in [-0.3, -0.25) is 9.59 Å². The first-order valence-corrected chi connectivity index (χ1v) is 9.53. The van der Waals surface area contributed by atoms with Gasteiger partial charge in [0.05, 0.1) is 11.8 Å². The molecular formula is C17H20N4O2S2. The second-order valence-corrected chi connectivity index (χ2v) is 7.45. The number of nitrogens with one attached hydrogen (secondary N) is 2. The van der Waals surface area contributed by atoms with Crippen LogP contribution < -0.4 is 10.6 Å². The summed E-state index contributed by atoms with van der Waals surface area (Å²) in [7, 11) is 0. The first-order chi connectivity index (χ1) is 12.1. The first-order valence-electron chi connectivity index (χ1n) is 7.73. The molecule has 2 rings (SSSR count). The van der Waals surface area contributed by atoms with Gasteiger partial charge < -0.3 is 10.6 Å². The third-order valence-electron chi connectivity index (χ3n) is 3.24. The Morgan fingerprint density at radius 1 is 1.32 bits per heavy atom. The molecule has 0 saturated heterocycles. The molecule has 0 aliphatic carbocycles. The van der Waals surface area contributed by atoms with Crippen molar-refractivity contribution in [3.63, 3.8) is 0 Å². The van der Waals surface area contributed by atoms with Crippen LogP contribution >= 0.6 is 23.1 Å². The Bertz CT molecular complexity index is 718. The molecule has 0 radical (unpaired) electrons. The molecular weight excluding hydrogens is 356 g/mol. The van der Waals surface area contributed by atoms with Gasteiger partial charge in [0.2, 0.25) is 11.0 Å². The number of hydrogen-bond acceptors (Lipinski definition) is 7. The fourth-order valence-corrected chi connectivity index (χ4v) is 3.58. The van der Waals surface area contributed by atoms with E-state index < -0.39 is 6.04 Å². The summed E-state index contributed by atoms with van der Waals surface area (Å²) >= 11 is 2.68. The van der Waals surface area contributed by atoms with Gasteiger partial charge in [0.15, 0.2) is 10.1 Å². The fourth-order valence-electron chi connectivity index (χ4n) is 2.01. The number of thioether (sulfide) groups is 1. The van der Waals surface area contributed by atoms with Crippen molar-refractivity contribution >= 4 is 39.9 Å². The molecule has 2 aromatic rings. The van der Waals surface area contributed by atoms with E-state index in [-0.39, 0.29) is 17.4 Å². The summed E-state index contributed by atoms with van der Waals surface area (Å²) in [5, 5.41) is 14.5. The number of carbonyl (C=O) groups is 2. The van der Waals surface area contributed by atoms with Gasteiger partial charge >= 0.3 is 0 Å². The summed E-state index contributed by atoms with van der Waals surface area (Å²) in [6.07, 6.45) is 2.22. The van der Waals surface area contributed by atoms with Crippen LogP contribution in [0.4, 0.5) is 5.13 Å². The highest BCUT2D eigenvalue weighted by atomic mass is 32.2. The van der Waals surface area contributed by atoms with Crippen LogP contribution in [0.25, 0.3) is 0 Å². The summed E-state index contributed by atoms with van der Waals surface area (Å²) in [5.74, 6) is -0.0692. The van der Waals surface area contributed by atoms with Crippen LogP contribution in [-0.4, -0.2) is 40.2 Å². The number of hydrogen-bond donors (Lipinski definition) is 2. The lowest BCUT2D eigenvalue weighted by Crippen LogP contribution is -2.42. The van der Waals surface area contributed by atoms with Gasteiger partial charge in [0, 0.05) is 6.54 Å². The zero-order valence-corrected chi connectivity index (χ0v) is 15.5. The Kier molecular flexibility index (Phi) is 7.62. The lowest BCUT2D eigenvalue weighted by atomic mass is 10.0. The van der Waals surface area contributed by atoms with E-state index in [2.05, 4.69) is 27.4 Å². The van der Waals surface area contributed by atoms with Crippen molar-refractivity contribution in [2.24, 2.45) is 0 Å². The predicted octanol–water partition coefficient (Wildman–Crippen LogP) is 2.54. The summed E-state index contributed by atoms with van der Waals surface area (Å²) in [4.78, 5) is 23.9. The average molecular weight is 377 g/mol. The number of rotatable bonds is 10. The van der Waals surface area contributed by atoms with Gasteiger partial charge in [-0.15, -0.1) is 16.8 Å². The quantitative estimate of drug-likeness (QED) is 0.490. The zero-order chi connectivity index (χ0) is 18.1. The van der Waals surface area contributed by atoms with Crippen molar-refractivity contribution in [3.8, 4) is 0 Å². The molecule has 6 nitrogen and oxygen atoms in total. The number of nitrogens with zero attached hydrogens (tertiary/aromatic N) is 2. The minimum atomic E-state index is -0.519. The number of benzene rings is 1. The Balaban J connectivity index is 1.83. The Morgan fingerprint density at radius 2 is 2.08 bits per heavy atom. The summed E-state index contributed by atoms with van der Waals surface area (Å²) in [5.41, 5.74) is 1.01. The van der Waals surface area contributed by atoms with E-state index in [4.69, 9.17) is 0 Å². The predicted molar refractivity (Wildman–Crippen MR) is 102 cm³/mol. The lowest BCUT2D eigenvalue weighted by Gasteiger charge is -2.15. The van der Waals surface area contributed by atoms with Gasteiger partial charge in [0.1, 0.15) is 0 Å². The minimum Gasteiger partial charge on any atom is -0.357 e. The minimum absolute atomic E-state index is 0.0611. The highest BCUT2D eigenvalue weighted by molar-refractivity contribution is 8.01. The highest BCUT2D eigenvalue weighted by Gasteiger charge is 2.18. The average Bonchev–Trinajstić information content (AvgIpc) is 3.06. The van der Waals surface area contributed by atoms with Crippen LogP contribution in [0.3, 0.4) is 0 Å². The van der Waals surface area contributed by atoms with E-state index in [0.717, 1.165) is 5.56 Å². The maximum atomic E-state index is 12.1. The normalized spacial score (nSPS) is 11.6. The number of aromatic nitrogens is 2. The molecule has 2 N–H and O–H groups in total. The molecule has 0 aliphatic heterocycles. The molecule has 0 fully saturated rings. The molecule has 1 atom stereocenters. The van der Waals surface area contributed by atoms with Crippen LogP contribution in [0.2, 0.25) is 0 Å². The van der Waals surface area contributed by atoms with Crippen LogP contribution in [0.1, 0.15) is 12.5 Å². The molecule has 0 saturated carbocycles. The van der Waals surface area contributed by atoms with Gasteiger partial charge in [-0.25, -0.2) is 0 Å². The second kappa shape index (κ2) is 9.95. The number of Topliss-reactive ketones (excluding diaryl/α,β-unsaturated/α-hetero) is 1. The third-order valence-corrected chi connectivity index (χ3v) is 5.25. The molecule has 1 aromatic carbocycles. The van der Waals surface area contributed by atoms with Crippen molar-refractivity contribution in [2.45, 2.75) is 23.7 Å². The monoisotopic (exact) mass is 376 g/mol. The molecule has 0 unspecified atom stereocenters. The molecule has 1 amide bonds. The molecule has 0 spiro atoms. The van der Waals surface area contributed by atoms with Crippen molar-refractivity contribution in [3.05, 3.63) is 48.6 Å². The van der Waals surface area contributed by atoms with Gasteiger partial charge in [0.25, 0.3) is 0 Å². The highest BCUT2D eigenvalue weighted by Crippen LogP contribution is 2.25. The maximum absolute atomic E-state index is 12.1. The lowest BCUT2D eigenvalue weighted by molar-refractivity contribution is -0.125. The van der Waals surface area contributed by atoms with Crippen LogP contribution in [0.15, 0.2) is 47.3 Å². The van der Waals surface area contributed by atoms with E-state index >= 15 is 0 Å². The van der Waals surface area contributed by atoms with E-state index in [0.29, 0.717) is 22.4 Å².